The average molecular weight is 391 g/mol. The first-order valence-corrected chi connectivity index (χ1v) is 9.34. The fraction of sp³-hybridized carbons (Fsp3) is 0.381. The number of benzene rings is 2. The van der Waals surface area contributed by atoms with E-state index >= 15 is 0 Å². The van der Waals surface area contributed by atoms with Crippen molar-refractivity contribution in [3.63, 3.8) is 0 Å². The van der Waals surface area contributed by atoms with Gasteiger partial charge in [-0.3, -0.25) is 4.79 Å². The van der Waals surface area contributed by atoms with Crippen molar-refractivity contribution >= 4 is 23.2 Å². The van der Waals surface area contributed by atoms with Crippen LogP contribution in [0.2, 0.25) is 5.02 Å². The number of nitrogens with one attached hydrogen (secondary N) is 2. The van der Waals surface area contributed by atoms with Gasteiger partial charge in [-0.1, -0.05) is 41.9 Å². The summed E-state index contributed by atoms with van der Waals surface area (Å²) in [6, 6.07) is 13.3. The van der Waals surface area contributed by atoms with Crippen LogP contribution in [0.5, 0.6) is 11.5 Å². The number of carbonyl (C=O) groups is 1. The summed E-state index contributed by atoms with van der Waals surface area (Å²) >= 11 is 6.18. The van der Waals surface area contributed by atoms with Gasteiger partial charge in [0.1, 0.15) is 17.5 Å². The van der Waals surface area contributed by atoms with E-state index in [0.717, 1.165) is 12.8 Å². The molecule has 0 radical (unpaired) electrons. The predicted molar refractivity (Wildman–Crippen MR) is 110 cm³/mol. The van der Waals surface area contributed by atoms with Gasteiger partial charge < -0.3 is 20.1 Å². The molecule has 0 aromatic heterocycles. The summed E-state index contributed by atoms with van der Waals surface area (Å²) in [4.78, 5) is 12.5. The Bertz CT molecular complexity index is 753. The molecule has 0 saturated heterocycles. The van der Waals surface area contributed by atoms with Crippen LogP contribution in [0.15, 0.2) is 42.5 Å². The smallest absolute Gasteiger partial charge is 0.242 e. The molecule has 5 nitrogen and oxygen atoms in total. The van der Waals surface area contributed by atoms with Crippen molar-refractivity contribution in [3.05, 3.63) is 53.1 Å². The third kappa shape index (κ3) is 6.07. The van der Waals surface area contributed by atoms with Crippen molar-refractivity contribution in [3.8, 4) is 11.5 Å². The van der Waals surface area contributed by atoms with E-state index in [0.29, 0.717) is 22.2 Å². The molecule has 0 bridgehead atoms. The largest absolute Gasteiger partial charge is 0.495 e. The Labute approximate surface area is 166 Å². The van der Waals surface area contributed by atoms with Crippen LogP contribution in [0.4, 0.5) is 5.69 Å². The van der Waals surface area contributed by atoms with E-state index in [1.807, 2.05) is 25.1 Å². The molecule has 0 aliphatic heterocycles. The Balaban J connectivity index is 1.92. The molecule has 0 spiro atoms. The van der Waals surface area contributed by atoms with Gasteiger partial charge in [0.15, 0.2) is 0 Å². The Kier molecular flexibility index (Phi) is 7.80. The van der Waals surface area contributed by atoms with Gasteiger partial charge >= 0.3 is 0 Å². The van der Waals surface area contributed by atoms with Crippen molar-refractivity contribution in [1.29, 1.82) is 0 Å². The van der Waals surface area contributed by atoms with Crippen molar-refractivity contribution in [2.45, 2.75) is 38.8 Å². The topological polar surface area (TPSA) is 59.6 Å². The van der Waals surface area contributed by atoms with E-state index in [4.69, 9.17) is 21.1 Å². The normalized spacial score (nSPS) is 12.8. The number of amides is 1. The van der Waals surface area contributed by atoms with Crippen LogP contribution in [0.25, 0.3) is 0 Å². The Morgan fingerprint density at radius 1 is 1.07 bits per heavy atom. The summed E-state index contributed by atoms with van der Waals surface area (Å²) in [7, 11) is 3.10. The van der Waals surface area contributed by atoms with Gasteiger partial charge in [0, 0.05) is 12.1 Å². The molecule has 0 aliphatic carbocycles. The molecular formula is C21H27ClN2O3. The SMILES string of the molecule is COc1cc(OC)c(N[C@H](C)C(=O)N[C@H](C)CCc2ccccc2)cc1Cl. The minimum absolute atomic E-state index is 0.0725. The Morgan fingerprint density at radius 3 is 2.37 bits per heavy atom. The minimum Gasteiger partial charge on any atom is -0.495 e. The van der Waals surface area contributed by atoms with Crippen molar-refractivity contribution in [1.82, 2.24) is 5.32 Å². The van der Waals surface area contributed by atoms with Crippen molar-refractivity contribution < 1.29 is 14.3 Å². The zero-order valence-corrected chi connectivity index (χ0v) is 17.0. The molecular weight excluding hydrogens is 364 g/mol. The number of rotatable bonds is 9. The first-order valence-electron chi connectivity index (χ1n) is 8.97. The number of carbonyl (C=O) groups excluding carboxylic acids is 1. The van der Waals surface area contributed by atoms with Crippen LogP contribution in [0, 0.1) is 0 Å². The summed E-state index contributed by atoms with van der Waals surface area (Å²) in [5, 5.41) is 6.65. The molecule has 2 aromatic rings. The van der Waals surface area contributed by atoms with E-state index < -0.39 is 6.04 Å². The van der Waals surface area contributed by atoms with Gasteiger partial charge in [-0.25, -0.2) is 0 Å². The molecule has 0 heterocycles. The third-order valence-corrected chi connectivity index (χ3v) is 4.63. The Hall–Kier alpha value is -2.40. The summed E-state index contributed by atoms with van der Waals surface area (Å²) in [5.74, 6) is 1.00. The number of methoxy groups -OCH3 is 2. The van der Waals surface area contributed by atoms with E-state index in [1.54, 1.807) is 33.3 Å². The number of hydrogen-bond donors (Lipinski definition) is 2. The lowest BCUT2D eigenvalue weighted by atomic mass is 10.1. The van der Waals surface area contributed by atoms with E-state index in [1.165, 1.54) is 5.56 Å². The van der Waals surface area contributed by atoms with Crippen LogP contribution in [-0.2, 0) is 11.2 Å². The maximum absolute atomic E-state index is 12.5. The zero-order chi connectivity index (χ0) is 19.8. The molecule has 0 aliphatic rings. The Morgan fingerprint density at radius 2 is 1.74 bits per heavy atom. The molecule has 2 N–H and O–H groups in total. The summed E-state index contributed by atoms with van der Waals surface area (Å²) < 4.78 is 10.6. The van der Waals surface area contributed by atoms with Gasteiger partial charge in [-0.05, 0) is 38.3 Å². The first kappa shape index (κ1) is 20.9. The lowest BCUT2D eigenvalue weighted by Crippen LogP contribution is -2.42. The second-order valence-corrected chi connectivity index (χ2v) is 6.89. The molecule has 2 atom stereocenters. The summed E-state index contributed by atoms with van der Waals surface area (Å²) in [6.45, 7) is 3.81. The van der Waals surface area contributed by atoms with Crippen LogP contribution >= 0.6 is 11.6 Å². The lowest BCUT2D eigenvalue weighted by molar-refractivity contribution is -0.122. The molecule has 0 unspecified atom stereocenters. The maximum atomic E-state index is 12.5. The average Bonchev–Trinajstić information content (AvgIpc) is 2.67. The minimum atomic E-state index is -0.442. The third-order valence-electron chi connectivity index (χ3n) is 4.34. The predicted octanol–water partition coefficient (Wildman–Crippen LogP) is 4.30. The van der Waals surface area contributed by atoms with Crippen LogP contribution in [0.1, 0.15) is 25.8 Å². The number of anilines is 1. The van der Waals surface area contributed by atoms with Crippen LogP contribution in [-0.4, -0.2) is 32.2 Å². The fourth-order valence-corrected chi connectivity index (χ4v) is 2.98. The summed E-state index contributed by atoms with van der Waals surface area (Å²) in [6.07, 6.45) is 1.80. The number of hydrogen-bond acceptors (Lipinski definition) is 4. The number of halogens is 1. The maximum Gasteiger partial charge on any atom is 0.242 e. The molecule has 0 fully saturated rings. The fourth-order valence-electron chi connectivity index (χ4n) is 2.74. The second-order valence-electron chi connectivity index (χ2n) is 6.49. The monoisotopic (exact) mass is 390 g/mol. The summed E-state index contributed by atoms with van der Waals surface area (Å²) in [5.41, 5.74) is 1.91. The highest BCUT2D eigenvalue weighted by Crippen LogP contribution is 2.36. The second kappa shape index (κ2) is 10.1. The molecule has 0 saturated carbocycles. The molecule has 146 valence electrons. The van der Waals surface area contributed by atoms with Gasteiger partial charge in [-0.15, -0.1) is 0 Å². The van der Waals surface area contributed by atoms with Gasteiger partial charge in [0.2, 0.25) is 5.91 Å². The van der Waals surface area contributed by atoms with Crippen LogP contribution < -0.4 is 20.1 Å². The van der Waals surface area contributed by atoms with Gasteiger partial charge in [0.25, 0.3) is 0 Å². The number of ether oxygens (including phenoxy) is 2. The molecule has 1 amide bonds. The lowest BCUT2D eigenvalue weighted by Gasteiger charge is -2.21. The van der Waals surface area contributed by atoms with E-state index in [2.05, 4.69) is 22.8 Å². The molecule has 2 rings (SSSR count). The van der Waals surface area contributed by atoms with Gasteiger partial charge in [0.05, 0.1) is 24.9 Å². The van der Waals surface area contributed by atoms with Gasteiger partial charge in [-0.2, -0.15) is 0 Å². The molecule has 27 heavy (non-hydrogen) atoms. The van der Waals surface area contributed by atoms with E-state index in [-0.39, 0.29) is 11.9 Å². The van der Waals surface area contributed by atoms with Crippen molar-refractivity contribution in [2.75, 3.05) is 19.5 Å². The standard InChI is InChI=1S/C21H27ClN2O3/c1-14(10-11-16-8-6-5-7-9-16)23-21(25)15(2)24-18-12-17(22)19(26-3)13-20(18)27-4/h5-9,12-15,24H,10-11H2,1-4H3,(H,23,25)/t14-,15-/m1/s1. The van der Waals surface area contributed by atoms with Crippen molar-refractivity contribution in [2.24, 2.45) is 0 Å². The molecule has 6 heteroatoms. The van der Waals surface area contributed by atoms with Crippen LogP contribution in [0.3, 0.4) is 0 Å². The highest BCUT2D eigenvalue weighted by molar-refractivity contribution is 6.32. The highest BCUT2D eigenvalue weighted by Gasteiger charge is 2.18. The highest BCUT2D eigenvalue weighted by atomic mass is 35.5. The molecule has 2 aromatic carbocycles. The quantitative estimate of drug-likeness (QED) is 0.670. The zero-order valence-electron chi connectivity index (χ0n) is 16.2. The van der Waals surface area contributed by atoms with E-state index in [9.17, 15) is 4.79 Å². The first-order chi connectivity index (χ1) is 12.9. The number of aryl methyl sites for hydroxylation is 1.